The summed E-state index contributed by atoms with van der Waals surface area (Å²) in [7, 11) is 1.15. The zero-order valence-corrected chi connectivity index (χ0v) is 17.1. The number of hydrogen-bond donors (Lipinski definition) is 2. The Morgan fingerprint density at radius 2 is 1.55 bits per heavy atom. The molecule has 3 atom stereocenters. The zero-order chi connectivity index (χ0) is 22.5. The van der Waals surface area contributed by atoms with Crippen LogP contribution in [0.2, 0.25) is 0 Å². The molecule has 1 heterocycles. The molecule has 1 saturated heterocycles. The van der Waals surface area contributed by atoms with Crippen molar-refractivity contribution >= 4 is 23.7 Å². The number of halogens is 3. The third kappa shape index (κ3) is 6.33. The highest BCUT2D eigenvalue weighted by molar-refractivity contribution is 5.96. The van der Waals surface area contributed by atoms with Gasteiger partial charge in [-0.1, -0.05) is 27.7 Å². The molecule has 0 aromatic carbocycles. The van der Waals surface area contributed by atoms with Gasteiger partial charge in [-0.2, -0.15) is 13.2 Å². The quantitative estimate of drug-likeness (QED) is 0.648. The Morgan fingerprint density at radius 1 is 1.00 bits per heavy atom. The van der Waals surface area contributed by atoms with E-state index in [0.29, 0.717) is 6.42 Å². The van der Waals surface area contributed by atoms with E-state index in [9.17, 15) is 32.3 Å². The van der Waals surface area contributed by atoms with Crippen LogP contribution in [0, 0.1) is 11.8 Å². The maximum atomic E-state index is 12.9. The van der Waals surface area contributed by atoms with E-state index in [0.717, 1.165) is 7.11 Å². The molecule has 1 aliphatic rings. The molecule has 11 heteroatoms. The average Bonchev–Trinajstić information content (AvgIpc) is 3.11. The lowest BCUT2D eigenvalue weighted by molar-refractivity contribution is -0.175. The monoisotopic (exact) mass is 423 g/mol. The van der Waals surface area contributed by atoms with Crippen molar-refractivity contribution in [1.82, 2.24) is 15.5 Å². The smallest absolute Gasteiger partial charge is 0.452 e. The zero-order valence-electron chi connectivity index (χ0n) is 17.1. The molecule has 8 nitrogen and oxygen atoms in total. The van der Waals surface area contributed by atoms with Crippen LogP contribution in [0.3, 0.4) is 0 Å². The third-order valence-electron chi connectivity index (χ3n) is 4.76. The van der Waals surface area contributed by atoms with Crippen LogP contribution < -0.4 is 10.6 Å². The first-order valence-electron chi connectivity index (χ1n) is 9.37. The Hall–Kier alpha value is -2.33. The van der Waals surface area contributed by atoms with Crippen molar-refractivity contribution < 1.29 is 37.1 Å². The predicted octanol–water partition coefficient (Wildman–Crippen LogP) is 1.63. The molecule has 0 aliphatic carbocycles. The van der Waals surface area contributed by atoms with Crippen LogP contribution in [0.4, 0.5) is 18.0 Å². The molecular formula is C18H28F3N3O5. The number of likely N-dealkylation sites (tertiary alicyclic amines) is 1. The number of rotatable bonds is 7. The maximum absolute atomic E-state index is 12.9. The van der Waals surface area contributed by atoms with Crippen LogP contribution in [0.25, 0.3) is 0 Å². The van der Waals surface area contributed by atoms with Crippen molar-refractivity contribution in [3.05, 3.63) is 0 Å². The number of carbonyl (C=O) groups excluding carboxylic acids is 4. The summed E-state index contributed by atoms with van der Waals surface area (Å²) in [6.07, 6.45) is -5.19. The standard InChI is InChI=1S/C18H28F3N3O5/c1-9(2)12(14(25)18(19,20)21)22-15(26)11-7-6-8-24(11)16(27)13(10(3)4)23-17(28)29-5/h9-13H,6-8H2,1-5H3,(H,22,26)(H,23,28)/t11-,12?,13?/m0/s1. The first-order valence-corrected chi connectivity index (χ1v) is 9.37. The van der Waals surface area contributed by atoms with Gasteiger partial charge in [0.1, 0.15) is 12.1 Å². The molecule has 1 fully saturated rings. The highest BCUT2D eigenvalue weighted by Gasteiger charge is 2.46. The lowest BCUT2D eigenvalue weighted by atomic mass is 9.98. The molecule has 0 aromatic heterocycles. The van der Waals surface area contributed by atoms with Gasteiger partial charge in [-0.3, -0.25) is 14.4 Å². The summed E-state index contributed by atoms with van der Waals surface area (Å²) in [4.78, 5) is 49.9. The van der Waals surface area contributed by atoms with E-state index in [-0.39, 0.29) is 18.9 Å². The second-order valence-corrected chi connectivity index (χ2v) is 7.64. The number of ketones is 1. The summed E-state index contributed by atoms with van der Waals surface area (Å²) in [5.41, 5.74) is 0. The lowest BCUT2D eigenvalue weighted by Crippen LogP contribution is -2.58. The molecule has 0 radical (unpaired) electrons. The highest BCUT2D eigenvalue weighted by Crippen LogP contribution is 2.24. The number of ether oxygens (including phenoxy) is 1. The molecule has 166 valence electrons. The highest BCUT2D eigenvalue weighted by atomic mass is 19.4. The molecule has 2 unspecified atom stereocenters. The van der Waals surface area contributed by atoms with Gasteiger partial charge < -0.3 is 20.3 Å². The van der Waals surface area contributed by atoms with Crippen LogP contribution in [0.15, 0.2) is 0 Å². The molecule has 1 rings (SSSR count). The lowest BCUT2D eigenvalue weighted by Gasteiger charge is -2.31. The molecule has 2 N–H and O–H groups in total. The molecule has 0 spiro atoms. The Balaban J connectivity index is 2.99. The van der Waals surface area contributed by atoms with Crippen molar-refractivity contribution in [2.45, 2.75) is 64.8 Å². The third-order valence-corrected chi connectivity index (χ3v) is 4.76. The van der Waals surface area contributed by atoms with E-state index in [1.165, 1.54) is 18.7 Å². The van der Waals surface area contributed by atoms with Crippen molar-refractivity contribution in [1.29, 1.82) is 0 Å². The predicted molar refractivity (Wildman–Crippen MR) is 96.7 cm³/mol. The average molecular weight is 423 g/mol. The van der Waals surface area contributed by atoms with Crippen LogP contribution >= 0.6 is 0 Å². The molecule has 0 bridgehead atoms. The maximum Gasteiger partial charge on any atom is 0.452 e. The first-order chi connectivity index (χ1) is 13.3. The molecule has 1 aliphatic heterocycles. The molecular weight excluding hydrogens is 395 g/mol. The Bertz CT molecular complexity index is 637. The Labute approximate surface area is 167 Å². The van der Waals surface area contributed by atoms with Gasteiger partial charge in [0.05, 0.1) is 13.2 Å². The number of nitrogens with zero attached hydrogens (tertiary/aromatic N) is 1. The van der Waals surface area contributed by atoms with Gasteiger partial charge in [0.2, 0.25) is 11.8 Å². The molecule has 0 aromatic rings. The van der Waals surface area contributed by atoms with Crippen LogP contribution in [0.5, 0.6) is 0 Å². The SMILES string of the molecule is COC(=O)NC(C(=O)N1CCC[C@H]1C(=O)NC(C(=O)C(F)(F)F)C(C)C)C(C)C. The van der Waals surface area contributed by atoms with E-state index in [4.69, 9.17) is 0 Å². The van der Waals surface area contributed by atoms with Crippen molar-refractivity contribution in [3.8, 4) is 0 Å². The fraction of sp³-hybridized carbons (Fsp3) is 0.778. The normalized spacial score (nSPS) is 19.1. The summed E-state index contributed by atoms with van der Waals surface area (Å²) < 4.78 is 43.0. The van der Waals surface area contributed by atoms with Gasteiger partial charge in [-0.25, -0.2) is 4.79 Å². The van der Waals surface area contributed by atoms with E-state index < -0.39 is 53.9 Å². The van der Waals surface area contributed by atoms with Gasteiger partial charge in [-0.15, -0.1) is 0 Å². The number of alkyl halides is 3. The summed E-state index contributed by atoms with van der Waals surface area (Å²) in [6.45, 7) is 6.38. The summed E-state index contributed by atoms with van der Waals surface area (Å²) in [5, 5.41) is 4.57. The minimum atomic E-state index is -5.08. The fourth-order valence-corrected chi connectivity index (χ4v) is 3.14. The largest absolute Gasteiger partial charge is 0.453 e. The van der Waals surface area contributed by atoms with Crippen molar-refractivity contribution in [2.24, 2.45) is 11.8 Å². The minimum Gasteiger partial charge on any atom is -0.453 e. The van der Waals surface area contributed by atoms with E-state index in [1.807, 2.05) is 0 Å². The van der Waals surface area contributed by atoms with Gasteiger partial charge in [-0.05, 0) is 24.7 Å². The van der Waals surface area contributed by atoms with Crippen LogP contribution in [-0.4, -0.2) is 66.5 Å². The van der Waals surface area contributed by atoms with E-state index >= 15 is 0 Å². The van der Waals surface area contributed by atoms with E-state index in [1.54, 1.807) is 13.8 Å². The van der Waals surface area contributed by atoms with Crippen LogP contribution in [-0.2, 0) is 19.1 Å². The number of methoxy groups -OCH3 is 1. The summed E-state index contributed by atoms with van der Waals surface area (Å²) in [5.74, 6) is -4.51. The Kier molecular flexibility index (Phi) is 8.46. The number of carbonyl (C=O) groups is 4. The van der Waals surface area contributed by atoms with Gasteiger partial charge in [0.25, 0.3) is 5.78 Å². The number of Topliss-reactive ketones (excluding diaryl/α,β-unsaturated/α-hetero) is 1. The van der Waals surface area contributed by atoms with Crippen molar-refractivity contribution in [2.75, 3.05) is 13.7 Å². The van der Waals surface area contributed by atoms with Gasteiger partial charge in [0.15, 0.2) is 0 Å². The number of alkyl carbamates (subject to hydrolysis) is 1. The Morgan fingerprint density at radius 3 is 2.00 bits per heavy atom. The number of amides is 3. The second kappa shape index (κ2) is 9.93. The van der Waals surface area contributed by atoms with Gasteiger partial charge >= 0.3 is 12.3 Å². The fourth-order valence-electron chi connectivity index (χ4n) is 3.14. The van der Waals surface area contributed by atoms with Gasteiger partial charge in [0, 0.05) is 6.54 Å². The van der Waals surface area contributed by atoms with Crippen LogP contribution in [0.1, 0.15) is 40.5 Å². The second-order valence-electron chi connectivity index (χ2n) is 7.64. The summed E-state index contributed by atoms with van der Waals surface area (Å²) >= 11 is 0. The summed E-state index contributed by atoms with van der Waals surface area (Å²) in [6, 6.07) is -3.73. The number of nitrogens with one attached hydrogen (secondary N) is 2. The topological polar surface area (TPSA) is 105 Å². The minimum absolute atomic E-state index is 0.211. The number of hydrogen-bond acceptors (Lipinski definition) is 5. The van der Waals surface area contributed by atoms with Crippen molar-refractivity contribution in [3.63, 3.8) is 0 Å². The molecule has 0 saturated carbocycles. The molecule has 29 heavy (non-hydrogen) atoms. The van der Waals surface area contributed by atoms with E-state index in [2.05, 4.69) is 15.4 Å². The first kappa shape index (κ1) is 24.7. The molecule has 3 amide bonds.